The van der Waals surface area contributed by atoms with Crippen LogP contribution in [0.2, 0.25) is 0 Å². The second-order valence-electron chi connectivity index (χ2n) is 6.17. The predicted molar refractivity (Wildman–Crippen MR) is 78.9 cm³/mol. The highest BCUT2D eigenvalue weighted by molar-refractivity contribution is 5.88. The smallest absolute Gasteiger partial charge is 0.410 e. The molecule has 1 aromatic heterocycles. The van der Waals surface area contributed by atoms with Crippen LogP contribution in [-0.2, 0) is 9.47 Å². The molecular formula is C15H20N2O5. The van der Waals surface area contributed by atoms with Gasteiger partial charge in [-0.05, 0) is 32.9 Å². The van der Waals surface area contributed by atoms with Crippen molar-refractivity contribution in [1.82, 2.24) is 9.47 Å². The van der Waals surface area contributed by atoms with Crippen molar-refractivity contribution in [2.24, 2.45) is 0 Å². The molecule has 2 rings (SSSR count). The van der Waals surface area contributed by atoms with Crippen molar-refractivity contribution in [3.8, 4) is 0 Å². The van der Waals surface area contributed by atoms with E-state index in [-0.39, 0.29) is 11.6 Å². The van der Waals surface area contributed by atoms with Crippen LogP contribution in [0, 0.1) is 0 Å². The molecule has 1 aliphatic rings. The summed E-state index contributed by atoms with van der Waals surface area (Å²) < 4.78 is 11.3. The van der Waals surface area contributed by atoms with Gasteiger partial charge in [0, 0.05) is 19.3 Å². The minimum absolute atomic E-state index is 0.0132. The molecule has 0 spiro atoms. The number of rotatable bonds is 2. The largest absolute Gasteiger partial charge is 0.465 e. The Labute approximate surface area is 128 Å². The zero-order valence-corrected chi connectivity index (χ0v) is 13.2. The fourth-order valence-electron chi connectivity index (χ4n) is 2.17. The van der Waals surface area contributed by atoms with Gasteiger partial charge in [-0.1, -0.05) is 0 Å². The summed E-state index contributed by atoms with van der Waals surface area (Å²) in [5.74, 6) is -0.664. The molecule has 0 aliphatic carbocycles. The summed E-state index contributed by atoms with van der Waals surface area (Å²) in [6, 6.07) is 2.88. The van der Waals surface area contributed by atoms with Crippen LogP contribution in [0.15, 0.2) is 23.1 Å². The maximum Gasteiger partial charge on any atom is 0.410 e. The van der Waals surface area contributed by atoms with Crippen molar-refractivity contribution < 1.29 is 19.1 Å². The molecule has 0 saturated carbocycles. The van der Waals surface area contributed by atoms with Crippen LogP contribution in [0.5, 0.6) is 0 Å². The number of hydrogen-bond donors (Lipinski definition) is 0. The van der Waals surface area contributed by atoms with Gasteiger partial charge in [-0.3, -0.25) is 4.79 Å². The first-order chi connectivity index (χ1) is 10.2. The number of carbonyl (C=O) groups excluding carboxylic acids is 2. The molecule has 22 heavy (non-hydrogen) atoms. The third-order valence-corrected chi connectivity index (χ3v) is 3.29. The second-order valence-corrected chi connectivity index (χ2v) is 6.17. The number of aromatic nitrogens is 1. The molecule has 1 fully saturated rings. The molecule has 1 aromatic rings. The van der Waals surface area contributed by atoms with Crippen molar-refractivity contribution >= 4 is 12.1 Å². The van der Waals surface area contributed by atoms with E-state index in [1.807, 2.05) is 0 Å². The minimum Gasteiger partial charge on any atom is -0.465 e. The summed E-state index contributed by atoms with van der Waals surface area (Å²) in [7, 11) is 1.23. The van der Waals surface area contributed by atoms with Gasteiger partial charge < -0.3 is 18.9 Å². The fourth-order valence-corrected chi connectivity index (χ4v) is 2.17. The number of carbonyl (C=O) groups is 2. The third kappa shape index (κ3) is 3.29. The maximum atomic E-state index is 12.2. The highest BCUT2D eigenvalue weighted by Gasteiger charge is 2.35. The van der Waals surface area contributed by atoms with E-state index in [0.29, 0.717) is 13.1 Å². The summed E-state index contributed by atoms with van der Waals surface area (Å²) >= 11 is 0. The zero-order valence-electron chi connectivity index (χ0n) is 13.2. The number of amides is 1. The predicted octanol–water partition coefficient (Wildman–Crippen LogP) is 1.43. The standard InChI is InChI=1S/C15H20N2O5/c1-15(2,3)22-14(20)16-8-10(9-16)17-7-5-6-11(12(17)18)13(19)21-4/h5-7,10H,8-9H2,1-4H3. The SMILES string of the molecule is COC(=O)c1cccn(C2CN(C(=O)OC(C)(C)C)C2)c1=O. The van der Waals surface area contributed by atoms with Gasteiger partial charge in [-0.2, -0.15) is 0 Å². The Bertz CT molecular complexity index is 638. The van der Waals surface area contributed by atoms with Crippen LogP contribution >= 0.6 is 0 Å². The van der Waals surface area contributed by atoms with Gasteiger partial charge in [0.25, 0.3) is 5.56 Å². The molecule has 7 nitrogen and oxygen atoms in total. The summed E-state index contributed by atoms with van der Waals surface area (Å²) in [6.07, 6.45) is 1.20. The van der Waals surface area contributed by atoms with Crippen LogP contribution in [0.3, 0.4) is 0 Å². The Kier molecular flexibility index (Phi) is 4.25. The Morgan fingerprint density at radius 3 is 2.45 bits per heavy atom. The molecule has 1 amide bonds. The monoisotopic (exact) mass is 308 g/mol. The highest BCUT2D eigenvalue weighted by Crippen LogP contribution is 2.22. The Morgan fingerprint density at radius 1 is 1.27 bits per heavy atom. The first-order valence-electron chi connectivity index (χ1n) is 7.00. The van der Waals surface area contributed by atoms with E-state index in [0.717, 1.165) is 0 Å². The number of pyridine rings is 1. The molecular weight excluding hydrogens is 288 g/mol. The lowest BCUT2D eigenvalue weighted by Gasteiger charge is -2.40. The number of nitrogens with zero attached hydrogens (tertiary/aromatic N) is 2. The lowest BCUT2D eigenvalue weighted by molar-refractivity contribution is 0.000541. The normalized spacial score (nSPS) is 15.2. The average molecular weight is 308 g/mol. The molecule has 120 valence electrons. The van der Waals surface area contributed by atoms with E-state index in [4.69, 9.17) is 4.74 Å². The molecule has 1 saturated heterocycles. The highest BCUT2D eigenvalue weighted by atomic mass is 16.6. The summed E-state index contributed by atoms with van der Waals surface area (Å²) in [5.41, 5.74) is -0.979. The first kappa shape index (κ1) is 16.1. The van der Waals surface area contributed by atoms with E-state index < -0.39 is 23.2 Å². The Morgan fingerprint density at radius 2 is 1.91 bits per heavy atom. The molecule has 2 heterocycles. The number of esters is 1. The van der Waals surface area contributed by atoms with E-state index in [1.165, 1.54) is 22.6 Å². The van der Waals surface area contributed by atoms with E-state index in [2.05, 4.69) is 4.74 Å². The summed E-state index contributed by atoms with van der Waals surface area (Å²) in [5, 5.41) is 0. The van der Waals surface area contributed by atoms with E-state index in [9.17, 15) is 14.4 Å². The molecule has 0 aromatic carbocycles. The van der Waals surface area contributed by atoms with Crippen molar-refractivity contribution in [3.05, 3.63) is 34.2 Å². The zero-order chi connectivity index (χ0) is 16.5. The number of methoxy groups -OCH3 is 1. The quantitative estimate of drug-likeness (QED) is 0.772. The van der Waals surface area contributed by atoms with Gasteiger partial charge in [-0.25, -0.2) is 9.59 Å². The van der Waals surface area contributed by atoms with Crippen molar-refractivity contribution in [2.45, 2.75) is 32.4 Å². The van der Waals surface area contributed by atoms with Crippen LogP contribution in [0.4, 0.5) is 4.79 Å². The van der Waals surface area contributed by atoms with E-state index >= 15 is 0 Å². The van der Waals surface area contributed by atoms with Gasteiger partial charge in [-0.15, -0.1) is 0 Å². The van der Waals surface area contributed by atoms with Crippen molar-refractivity contribution in [3.63, 3.8) is 0 Å². The van der Waals surface area contributed by atoms with Crippen molar-refractivity contribution in [2.75, 3.05) is 20.2 Å². The second kappa shape index (κ2) is 5.82. The number of likely N-dealkylation sites (tertiary alicyclic amines) is 1. The fraction of sp³-hybridized carbons (Fsp3) is 0.533. The van der Waals surface area contributed by atoms with Gasteiger partial charge in [0.05, 0.1) is 13.2 Å². The van der Waals surface area contributed by atoms with Crippen LogP contribution < -0.4 is 5.56 Å². The molecule has 0 unspecified atom stereocenters. The molecule has 0 atom stereocenters. The van der Waals surface area contributed by atoms with Crippen LogP contribution in [0.25, 0.3) is 0 Å². The van der Waals surface area contributed by atoms with Crippen molar-refractivity contribution in [1.29, 1.82) is 0 Å². The minimum atomic E-state index is -0.664. The summed E-state index contributed by atoms with van der Waals surface area (Å²) in [4.78, 5) is 37.1. The Balaban J connectivity index is 2.07. The molecule has 0 bridgehead atoms. The first-order valence-corrected chi connectivity index (χ1v) is 7.00. The van der Waals surface area contributed by atoms with Crippen LogP contribution in [-0.4, -0.2) is 47.3 Å². The number of hydrogen-bond acceptors (Lipinski definition) is 5. The topological polar surface area (TPSA) is 77.8 Å². The van der Waals surface area contributed by atoms with Gasteiger partial charge in [0.1, 0.15) is 11.2 Å². The average Bonchev–Trinajstić information content (AvgIpc) is 2.36. The maximum absolute atomic E-state index is 12.2. The number of ether oxygens (including phenoxy) is 2. The molecule has 0 radical (unpaired) electrons. The molecule has 1 aliphatic heterocycles. The van der Waals surface area contributed by atoms with E-state index in [1.54, 1.807) is 33.0 Å². The molecule has 0 N–H and O–H groups in total. The van der Waals surface area contributed by atoms with Gasteiger partial charge >= 0.3 is 12.1 Å². The lowest BCUT2D eigenvalue weighted by atomic mass is 10.1. The molecule has 7 heteroatoms. The summed E-state index contributed by atoms with van der Waals surface area (Å²) in [6.45, 7) is 6.14. The van der Waals surface area contributed by atoms with Gasteiger partial charge in [0.2, 0.25) is 0 Å². The lowest BCUT2D eigenvalue weighted by Crippen LogP contribution is -2.54. The Hall–Kier alpha value is -2.31. The third-order valence-electron chi connectivity index (χ3n) is 3.29. The van der Waals surface area contributed by atoms with Crippen LogP contribution in [0.1, 0.15) is 37.2 Å². The van der Waals surface area contributed by atoms with Gasteiger partial charge in [0.15, 0.2) is 0 Å².